The average Bonchev–Trinajstić information content (AvgIpc) is 3.40. The van der Waals surface area contributed by atoms with Gasteiger partial charge in [-0.2, -0.15) is 0 Å². The van der Waals surface area contributed by atoms with Gasteiger partial charge in [-0.05, 0) is 55.0 Å². The number of carbonyl (C=O) groups is 2. The average molecular weight is 439 g/mol. The Labute approximate surface area is 182 Å². The molecule has 6 nitrogen and oxygen atoms in total. The van der Waals surface area contributed by atoms with E-state index in [1.807, 2.05) is 6.92 Å². The summed E-state index contributed by atoms with van der Waals surface area (Å²) in [5, 5.41) is 11.0. The largest absolute Gasteiger partial charge is 0.507 e. The number of furan rings is 1. The van der Waals surface area contributed by atoms with Gasteiger partial charge in [0.1, 0.15) is 34.9 Å². The predicted octanol–water partition coefficient (Wildman–Crippen LogP) is 4.97. The van der Waals surface area contributed by atoms with Crippen LogP contribution in [0.15, 0.2) is 70.9 Å². The minimum atomic E-state index is -1.24. The van der Waals surface area contributed by atoms with Crippen LogP contribution in [0.3, 0.4) is 0 Å². The normalized spacial score (nSPS) is 17.7. The van der Waals surface area contributed by atoms with Crippen molar-refractivity contribution in [2.24, 2.45) is 0 Å². The Morgan fingerprint density at radius 1 is 1.12 bits per heavy atom. The molecule has 164 valence electrons. The number of anilines is 1. The number of ether oxygens (including phenoxy) is 1. The van der Waals surface area contributed by atoms with Crippen molar-refractivity contribution >= 4 is 23.1 Å². The van der Waals surface area contributed by atoms with Crippen LogP contribution in [0, 0.1) is 11.6 Å². The second-order valence-corrected chi connectivity index (χ2v) is 7.15. The number of carbonyl (C=O) groups excluding carboxylic acids is 2. The Bertz CT molecular complexity index is 1190. The van der Waals surface area contributed by atoms with E-state index in [0.717, 1.165) is 23.5 Å². The molecule has 1 fully saturated rings. The topological polar surface area (TPSA) is 80.0 Å². The summed E-state index contributed by atoms with van der Waals surface area (Å²) >= 11 is 0. The Kier molecular flexibility index (Phi) is 5.77. The van der Waals surface area contributed by atoms with E-state index in [1.165, 1.54) is 18.4 Å². The van der Waals surface area contributed by atoms with Crippen LogP contribution in [0.2, 0.25) is 0 Å². The first kappa shape index (κ1) is 21.3. The molecule has 4 rings (SSSR count). The van der Waals surface area contributed by atoms with E-state index in [4.69, 9.17) is 9.15 Å². The monoisotopic (exact) mass is 439 g/mol. The van der Waals surface area contributed by atoms with Crippen molar-refractivity contribution in [1.82, 2.24) is 0 Å². The van der Waals surface area contributed by atoms with Crippen molar-refractivity contribution in [3.05, 3.63) is 89.4 Å². The van der Waals surface area contributed by atoms with E-state index in [2.05, 4.69) is 0 Å². The molecule has 32 heavy (non-hydrogen) atoms. The van der Waals surface area contributed by atoms with E-state index in [9.17, 15) is 23.5 Å². The molecule has 1 aromatic heterocycles. The number of nitrogens with zero attached hydrogens (tertiary/aromatic N) is 1. The Morgan fingerprint density at radius 3 is 2.50 bits per heavy atom. The molecule has 1 N–H and O–H groups in total. The molecule has 0 spiro atoms. The number of amides is 1. The summed E-state index contributed by atoms with van der Waals surface area (Å²) in [6.45, 7) is 2.50. The lowest BCUT2D eigenvalue weighted by Gasteiger charge is -2.23. The third kappa shape index (κ3) is 3.75. The molecule has 1 aliphatic heterocycles. The van der Waals surface area contributed by atoms with Crippen molar-refractivity contribution in [3.8, 4) is 5.75 Å². The van der Waals surface area contributed by atoms with Crippen LogP contribution in [-0.2, 0) is 9.59 Å². The Balaban J connectivity index is 1.83. The van der Waals surface area contributed by atoms with Crippen LogP contribution < -0.4 is 9.64 Å². The van der Waals surface area contributed by atoms with Gasteiger partial charge in [-0.3, -0.25) is 14.5 Å². The van der Waals surface area contributed by atoms with E-state index in [0.29, 0.717) is 18.4 Å². The molecule has 1 amide bonds. The van der Waals surface area contributed by atoms with Gasteiger partial charge in [0.05, 0.1) is 24.1 Å². The van der Waals surface area contributed by atoms with Gasteiger partial charge in [-0.1, -0.05) is 6.92 Å². The number of ketones is 1. The van der Waals surface area contributed by atoms with Crippen LogP contribution in [-0.4, -0.2) is 23.4 Å². The molecule has 2 aromatic carbocycles. The second kappa shape index (κ2) is 8.66. The number of Topliss-reactive ketones (excluding diaryl/α,β-unsaturated/α-hetero) is 1. The Morgan fingerprint density at radius 2 is 1.88 bits per heavy atom. The van der Waals surface area contributed by atoms with Gasteiger partial charge in [0.2, 0.25) is 0 Å². The van der Waals surface area contributed by atoms with Crippen LogP contribution in [0.5, 0.6) is 5.75 Å². The van der Waals surface area contributed by atoms with Gasteiger partial charge in [-0.15, -0.1) is 0 Å². The van der Waals surface area contributed by atoms with Crippen LogP contribution >= 0.6 is 0 Å². The quantitative estimate of drug-likeness (QED) is 0.333. The highest BCUT2D eigenvalue weighted by molar-refractivity contribution is 6.51. The highest BCUT2D eigenvalue weighted by Gasteiger charge is 2.49. The Hall–Kier alpha value is -3.94. The predicted molar refractivity (Wildman–Crippen MR) is 112 cm³/mol. The van der Waals surface area contributed by atoms with Crippen LogP contribution in [0.25, 0.3) is 5.76 Å². The molecule has 1 atom stereocenters. The molecule has 3 aromatic rings. The van der Waals surface area contributed by atoms with E-state index in [1.54, 1.807) is 24.3 Å². The van der Waals surface area contributed by atoms with Gasteiger partial charge in [0.25, 0.3) is 11.7 Å². The smallest absolute Gasteiger partial charge is 0.300 e. The number of benzene rings is 2. The molecule has 0 radical (unpaired) electrons. The van der Waals surface area contributed by atoms with Gasteiger partial charge < -0.3 is 14.3 Å². The van der Waals surface area contributed by atoms with E-state index in [-0.39, 0.29) is 22.6 Å². The van der Waals surface area contributed by atoms with Crippen molar-refractivity contribution in [2.75, 3.05) is 11.5 Å². The highest BCUT2D eigenvalue weighted by Crippen LogP contribution is 2.43. The third-order valence-corrected chi connectivity index (χ3v) is 5.03. The number of halogens is 2. The third-order valence-electron chi connectivity index (χ3n) is 5.03. The van der Waals surface area contributed by atoms with Crippen molar-refractivity contribution < 1.29 is 32.6 Å². The van der Waals surface area contributed by atoms with Crippen molar-refractivity contribution in [3.63, 3.8) is 0 Å². The lowest BCUT2D eigenvalue weighted by atomic mass is 9.99. The maximum absolute atomic E-state index is 14.5. The molecule has 1 unspecified atom stereocenters. The first-order valence-electron chi connectivity index (χ1n) is 9.95. The summed E-state index contributed by atoms with van der Waals surface area (Å²) in [6.07, 6.45) is 2.16. The molecular formula is C24H19F2NO5. The molecular weight excluding hydrogens is 420 g/mol. The summed E-state index contributed by atoms with van der Waals surface area (Å²) in [5.74, 6) is -3.67. The van der Waals surface area contributed by atoms with E-state index >= 15 is 0 Å². The minimum Gasteiger partial charge on any atom is -0.507 e. The van der Waals surface area contributed by atoms with Crippen LogP contribution in [0.4, 0.5) is 14.5 Å². The molecule has 1 aliphatic rings. The summed E-state index contributed by atoms with van der Waals surface area (Å²) in [7, 11) is 0. The zero-order valence-electron chi connectivity index (χ0n) is 17.0. The molecule has 1 saturated heterocycles. The highest BCUT2D eigenvalue weighted by atomic mass is 19.1. The van der Waals surface area contributed by atoms with E-state index < -0.39 is 35.1 Å². The fourth-order valence-electron chi connectivity index (χ4n) is 3.56. The maximum atomic E-state index is 14.5. The molecule has 8 heteroatoms. The zero-order chi connectivity index (χ0) is 22.8. The van der Waals surface area contributed by atoms with Gasteiger partial charge in [0.15, 0.2) is 0 Å². The van der Waals surface area contributed by atoms with Crippen molar-refractivity contribution in [1.29, 1.82) is 0 Å². The minimum absolute atomic E-state index is 0.136. The molecule has 2 heterocycles. The lowest BCUT2D eigenvalue weighted by molar-refractivity contribution is -0.132. The number of rotatable bonds is 6. The summed E-state index contributed by atoms with van der Waals surface area (Å²) in [6, 6.07) is 10.8. The molecule has 0 saturated carbocycles. The summed E-state index contributed by atoms with van der Waals surface area (Å²) < 4.78 is 38.9. The van der Waals surface area contributed by atoms with Gasteiger partial charge in [-0.25, -0.2) is 8.78 Å². The summed E-state index contributed by atoms with van der Waals surface area (Å²) in [4.78, 5) is 26.7. The summed E-state index contributed by atoms with van der Waals surface area (Å²) in [5.41, 5.74) is -0.309. The molecule has 0 bridgehead atoms. The van der Waals surface area contributed by atoms with Gasteiger partial charge >= 0.3 is 0 Å². The van der Waals surface area contributed by atoms with Gasteiger partial charge in [0, 0.05) is 11.6 Å². The standard InChI is InChI=1S/C24H19F2NO5/c1-2-11-31-16-8-5-14(6-9-16)22(28)20-21(19-4-3-12-32-19)27(24(30)23(20)29)18-10-7-15(25)13-17(18)26/h3-10,12-13,21,28H,2,11H2,1H3/b22-20-. The maximum Gasteiger partial charge on any atom is 0.300 e. The fourth-order valence-corrected chi connectivity index (χ4v) is 3.56. The zero-order valence-corrected chi connectivity index (χ0v) is 17.0. The van der Waals surface area contributed by atoms with Crippen molar-refractivity contribution in [2.45, 2.75) is 19.4 Å². The fraction of sp³-hybridized carbons (Fsp3) is 0.167. The first-order chi connectivity index (χ1) is 15.4. The first-order valence-corrected chi connectivity index (χ1v) is 9.95. The number of hydrogen-bond acceptors (Lipinski definition) is 5. The molecule has 0 aliphatic carbocycles. The second-order valence-electron chi connectivity index (χ2n) is 7.15. The lowest BCUT2D eigenvalue weighted by Crippen LogP contribution is -2.30. The number of aliphatic hydroxyl groups is 1. The number of hydrogen-bond donors (Lipinski definition) is 1. The van der Waals surface area contributed by atoms with Crippen LogP contribution in [0.1, 0.15) is 30.7 Å². The SMILES string of the molecule is CCCOc1ccc(/C(O)=C2/C(=O)C(=O)N(c3ccc(F)cc3F)C2c2ccco2)cc1. The number of aliphatic hydroxyl groups excluding tert-OH is 1.